The van der Waals surface area contributed by atoms with Crippen LogP contribution in [-0.4, -0.2) is 65.1 Å². The van der Waals surface area contributed by atoms with Crippen LogP contribution in [0.15, 0.2) is 0 Å². The number of nitrogens with zero attached hydrogens (tertiary/aromatic N) is 1. The second-order valence-corrected chi connectivity index (χ2v) is 5.59. The number of hydrogen-bond acceptors (Lipinski definition) is 4. The minimum atomic E-state index is -0.895. The maximum Gasteiger partial charge on any atom is 0.318 e. The van der Waals surface area contributed by atoms with Gasteiger partial charge in [-0.1, -0.05) is 12.8 Å². The molecular formula is C13H22N2O5. The van der Waals surface area contributed by atoms with Gasteiger partial charge < -0.3 is 25.2 Å². The molecule has 1 atom stereocenters. The molecule has 2 aliphatic rings. The van der Waals surface area contributed by atoms with Crippen molar-refractivity contribution < 1.29 is 24.5 Å². The van der Waals surface area contributed by atoms with Crippen molar-refractivity contribution in [1.29, 1.82) is 0 Å². The van der Waals surface area contributed by atoms with Crippen molar-refractivity contribution >= 4 is 12.0 Å². The van der Waals surface area contributed by atoms with Gasteiger partial charge in [0.15, 0.2) is 0 Å². The van der Waals surface area contributed by atoms with Gasteiger partial charge in [-0.15, -0.1) is 0 Å². The maximum atomic E-state index is 12.4. The molecule has 2 amide bonds. The van der Waals surface area contributed by atoms with Gasteiger partial charge in [0.05, 0.1) is 37.8 Å². The van der Waals surface area contributed by atoms with E-state index in [-0.39, 0.29) is 25.1 Å². The Morgan fingerprint density at radius 2 is 2.05 bits per heavy atom. The lowest BCUT2D eigenvalue weighted by atomic mass is 9.93. The van der Waals surface area contributed by atoms with Crippen LogP contribution in [-0.2, 0) is 9.53 Å². The number of nitrogens with one attached hydrogen (secondary N) is 1. The fraction of sp³-hybridized carbons (Fsp3) is 0.846. The lowest BCUT2D eigenvalue weighted by Crippen LogP contribution is -2.59. The normalized spacial score (nSPS) is 25.4. The molecule has 20 heavy (non-hydrogen) atoms. The standard InChI is InChI=1S/C13H22N2O5/c16-8-10-9-20-6-5-15(10)12(19)14-13(7-11(17)18)3-1-2-4-13/h10,16H,1-9H2,(H,14,19)(H,17,18). The van der Waals surface area contributed by atoms with Gasteiger partial charge in [-0.3, -0.25) is 4.79 Å². The first kappa shape index (κ1) is 15.1. The number of carbonyl (C=O) groups excluding carboxylic acids is 1. The molecule has 1 aliphatic carbocycles. The zero-order chi connectivity index (χ0) is 14.6. The van der Waals surface area contributed by atoms with E-state index in [0.29, 0.717) is 32.6 Å². The number of aliphatic carboxylic acids is 1. The van der Waals surface area contributed by atoms with Crippen LogP contribution in [0, 0.1) is 0 Å². The molecule has 1 aliphatic heterocycles. The first-order valence-electron chi connectivity index (χ1n) is 7.05. The quantitative estimate of drug-likeness (QED) is 0.684. The van der Waals surface area contributed by atoms with Gasteiger partial charge >= 0.3 is 12.0 Å². The molecule has 0 spiro atoms. The number of carbonyl (C=O) groups is 2. The average Bonchev–Trinajstić information content (AvgIpc) is 2.85. The fourth-order valence-electron chi connectivity index (χ4n) is 3.06. The Kier molecular flexibility index (Phi) is 4.82. The van der Waals surface area contributed by atoms with E-state index in [2.05, 4.69) is 5.32 Å². The highest BCUT2D eigenvalue weighted by molar-refractivity contribution is 5.77. The van der Waals surface area contributed by atoms with Gasteiger partial charge in [-0.25, -0.2) is 4.79 Å². The van der Waals surface area contributed by atoms with Crippen LogP contribution in [0.1, 0.15) is 32.1 Å². The summed E-state index contributed by atoms with van der Waals surface area (Å²) < 4.78 is 5.24. The topological polar surface area (TPSA) is 99.1 Å². The molecule has 2 rings (SSSR count). The van der Waals surface area contributed by atoms with Crippen molar-refractivity contribution in [2.45, 2.75) is 43.7 Å². The zero-order valence-electron chi connectivity index (χ0n) is 11.5. The summed E-state index contributed by atoms with van der Waals surface area (Å²) in [6, 6.07) is -0.650. The number of rotatable bonds is 4. The monoisotopic (exact) mass is 286 g/mol. The summed E-state index contributed by atoms with van der Waals surface area (Å²) in [7, 11) is 0. The first-order valence-corrected chi connectivity index (χ1v) is 7.05. The second kappa shape index (κ2) is 6.41. The number of amides is 2. The number of aliphatic hydroxyl groups excluding tert-OH is 1. The number of aliphatic hydroxyl groups is 1. The van der Waals surface area contributed by atoms with Crippen LogP contribution in [0.2, 0.25) is 0 Å². The number of hydrogen-bond donors (Lipinski definition) is 3. The third kappa shape index (κ3) is 3.40. The summed E-state index contributed by atoms with van der Waals surface area (Å²) in [4.78, 5) is 24.9. The van der Waals surface area contributed by atoms with Gasteiger partial charge in [-0.2, -0.15) is 0 Å². The summed E-state index contributed by atoms with van der Waals surface area (Å²) in [6.07, 6.45) is 3.20. The van der Waals surface area contributed by atoms with Crippen molar-refractivity contribution in [3.05, 3.63) is 0 Å². The van der Waals surface area contributed by atoms with Crippen LogP contribution in [0.4, 0.5) is 4.79 Å². The average molecular weight is 286 g/mol. The molecule has 114 valence electrons. The van der Waals surface area contributed by atoms with Crippen LogP contribution in [0.3, 0.4) is 0 Å². The highest BCUT2D eigenvalue weighted by atomic mass is 16.5. The number of carboxylic acid groups (broad SMARTS) is 1. The third-order valence-corrected chi connectivity index (χ3v) is 4.12. The molecule has 1 saturated carbocycles. The summed E-state index contributed by atoms with van der Waals surface area (Å²) in [5, 5.41) is 21.2. The van der Waals surface area contributed by atoms with E-state index in [4.69, 9.17) is 9.84 Å². The van der Waals surface area contributed by atoms with Crippen molar-refractivity contribution in [2.24, 2.45) is 0 Å². The molecule has 1 unspecified atom stereocenters. The van der Waals surface area contributed by atoms with Crippen LogP contribution in [0.5, 0.6) is 0 Å². The lowest BCUT2D eigenvalue weighted by molar-refractivity contribution is -0.138. The number of ether oxygens (including phenoxy) is 1. The van der Waals surface area contributed by atoms with Gasteiger partial charge in [-0.05, 0) is 12.8 Å². The summed E-state index contributed by atoms with van der Waals surface area (Å²) in [5.74, 6) is -0.895. The molecule has 1 heterocycles. The Balaban J connectivity index is 2.02. The fourth-order valence-corrected chi connectivity index (χ4v) is 3.06. The number of urea groups is 1. The maximum absolute atomic E-state index is 12.4. The van der Waals surface area contributed by atoms with Gasteiger partial charge in [0.25, 0.3) is 0 Å². The highest BCUT2D eigenvalue weighted by Gasteiger charge is 2.39. The molecule has 0 radical (unpaired) electrons. The second-order valence-electron chi connectivity index (χ2n) is 5.59. The Morgan fingerprint density at radius 3 is 2.65 bits per heavy atom. The van der Waals surface area contributed by atoms with E-state index in [1.807, 2.05) is 0 Å². The van der Waals surface area contributed by atoms with Crippen molar-refractivity contribution in [3.63, 3.8) is 0 Å². The lowest BCUT2D eigenvalue weighted by Gasteiger charge is -2.38. The Labute approximate surface area is 117 Å². The van der Waals surface area contributed by atoms with E-state index in [1.54, 1.807) is 4.90 Å². The predicted octanol–water partition coefficient (Wildman–Crippen LogP) is 0.177. The minimum absolute atomic E-state index is 0.0487. The van der Waals surface area contributed by atoms with E-state index in [9.17, 15) is 14.7 Å². The molecular weight excluding hydrogens is 264 g/mol. The largest absolute Gasteiger partial charge is 0.481 e. The number of carboxylic acids is 1. The van der Waals surface area contributed by atoms with Gasteiger partial charge in [0, 0.05) is 6.54 Å². The molecule has 1 saturated heterocycles. The predicted molar refractivity (Wildman–Crippen MR) is 70.4 cm³/mol. The van der Waals surface area contributed by atoms with Crippen molar-refractivity contribution in [3.8, 4) is 0 Å². The molecule has 0 aromatic rings. The molecule has 7 heteroatoms. The molecule has 7 nitrogen and oxygen atoms in total. The molecule has 0 aromatic carbocycles. The number of morpholine rings is 1. The minimum Gasteiger partial charge on any atom is -0.481 e. The molecule has 0 aromatic heterocycles. The van der Waals surface area contributed by atoms with E-state index in [0.717, 1.165) is 12.8 Å². The Bertz CT molecular complexity index is 368. The van der Waals surface area contributed by atoms with E-state index >= 15 is 0 Å². The molecule has 3 N–H and O–H groups in total. The summed E-state index contributed by atoms with van der Waals surface area (Å²) in [6.45, 7) is 1.02. The Hall–Kier alpha value is -1.34. The molecule has 2 fully saturated rings. The van der Waals surface area contributed by atoms with Gasteiger partial charge in [0.2, 0.25) is 0 Å². The highest BCUT2D eigenvalue weighted by Crippen LogP contribution is 2.33. The summed E-state index contributed by atoms with van der Waals surface area (Å²) in [5.41, 5.74) is -0.638. The molecule has 0 bridgehead atoms. The van der Waals surface area contributed by atoms with Crippen molar-refractivity contribution in [2.75, 3.05) is 26.4 Å². The van der Waals surface area contributed by atoms with Crippen LogP contribution >= 0.6 is 0 Å². The first-order chi connectivity index (χ1) is 9.56. The van der Waals surface area contributed by atoms with E-state index in [1.165, 1.54) is 0 Å². The van der Waals surface area contributed by atoms with E-state index < -0.39 is 11.5 Å². The third-order valence-electron chi connectivity index (χ3n) is 4.12. The SMILES string of the molecule is O=C(O)CC1(NC(=O)N2CCOCC2CO)CCCC1. The smallest absolute Gasteiger partial charge is 0.318 e. The Morgan fingerprint density at radius 1 is 1.35 bits per heavy atom. The van der Waals surface area contributed by atoms with Crippen LogP contribution < -0.4 is 5.32 Å². The summed E-state index contributed by atoms with van der Waals surface area (Å²) >= 11 is 0. The van der Waals surface area contributed by atoms with Crippen molar-refractivity contribution in [1.82, 2.24) is 10.2 Å². The van der Waals surface area contributed by atoms with Gasteiger partial charge in [0.1, 0.15) is 0 Å². The van der Waals surface area contributed by atoms with Crippen LogP contribution in [0.25, 0.3) is 0 Å². The zero-order valence-corrected chi connectivity index (χ0v) is 11.5.